The number of fused-ring (bicyclic) bond motifs is 1. The SMILES string of the molecule is CCCCn1c(N)c(N(CCOC)Cc2cc(=O)oc3c(C)c(C)ccc23)c(=O)[nH]c1=O. The highest BCUT2D eigenvalue weighted by Crippen LogP contribution is 2.26. The molecule has 2 heterocycles. The van der Waals surface area contributed by atoms with Gasteiger partial charge in [0.1, 0.15) is 17.1 Å². The summed E-state index contributed by atoms with van der Waals surface area (Å²) >= 11 is 0. The minimum atomic E-state index is -0.573. The number of aromatic nitrogens is 2. The molecule has 3 N–H and O–H groups in total. The topological polar surface area (TPSA) is 124 Å². The smallest absolute Gasteiger partial charge is 0.336 e. The number of unbranched alkanes of at least 4 members (excludes halogenated alkanes) is 1. The van der Waals surface area contributed by atoms with E-state index < -0.39 is 16.9 Å². The molecule has 3 aromatic rings. The zero-order valence-electron chi connectivity index (χ0n) is 19.0. The fourth-order valence-corrected chi connectivity index (χ4v) is 3.75. The third-order valence-corrected chi connectivity index (χ3v) is 5.71. The molecule has 0 fully saturated rings. The largest absolute Gasteiger partial charge is 0.422 e. The van der Waals surface area contributed by atoms with E-state index in [9.17, 15) is 14.4 Å². The van der Waals surface area contributed by atoms with Gasteiger partial charge in [0, 0.05) is 38.2 Å². The van der Waals surface area contributed by atoms with E-state index >= 15 is 0 Å². The van der Waals surface area contributed by atoms with Crippen LogP contribution >= 0.6 is 0 Å². The second-order valence-corrected chi connectivity index (χ2v) is 7.89. The predicted molar refractivity (Wildman–Crippen MR) is 126 cm³/mol. The van der Waals surface area contributed by atoms with Gasteiger partial charge in [-0.25, -0.2) is 9.59 Å². The molecule has 0 saturated heterocycles. The minimum absolute atomic E-state index is 0.0996. The summed E-state index contributed by atoms with van der Waals surface area (Å²) in [4.78, 5) is 41.5. The van der Waals surface area contributed by atoms with Crippen LogP contribution < -0.4 is 27.5 Å². The van der Waals surface area contributed by atoms with Crippen molar-refractivity contribution in [1.82, 2.24) is 9.55 Å². The zero-order valence-corrected chi connectivity index (χ0v) is 19.0. The molecule has 0 bridgehead atoms. The molecule has 0 aliphatic carbocycles. The number of nitrogens with one attached hydrogen (secondary N) is 1. The Morgan fingerprint density at radius 2 is 1.97 bits per heavy atom. The molecule has 3 rings (SSSR count). The third-order valence-electron chi connectivity index (χ3n) is 5.71. The van der Waals surface area contributed by atoms with E-state index in [1.54, 1.807) is 12.0 Å². The molecule has 0 radical (unpaired) electrons. The van der Waals surface area contributed by atoms with Crippen molar-refractivity contribution in [3.63, 3.8) is 0 Å². The standard InChI is InChI=1S/C23H30N4O5/c1-5-6-9-27-21(24)19(22(29)25-23(27)30)26(10-11-31-4)13-16-12-18(28)32-20-15(3)14(2)7-8-17(16)20/h7-8,12H,5-6,9-11,13,24H2,1-4H3,(H,25,29,30). The molecule has 0 aliphatic heterocycles. The zero-order chi connectivity index (χ0) is 23.4. The number of nitrogens with zero attached hydrogens (tertiary/aromatic N) is 2. The summed E-state index contributed by atoms with van der Waals surface area (Å²) in [7, 11) is 1.56. The van der Waals surface area contributed by atoms with E-state index in [-0.39, 0.29) is 18.1 Å². The van der Waals surface area contributed by atoms with Crippen LogP contribution in [0.15, 0.2) is 37.0 Å². The van der Waals surface area contributed by atoms with Crippen molar-refractivity contribution in [1.29, 1.82) is 0 Å². The summed E-state index contributed by atoms with van der Waals surface area (Å²) in [6.45, 7) is 7.14. The number of nitrogens with two attached hydrogens (primary N) is 1. The summed E-state index contributed by atoms with van der Waals surface area (Å²) in [5.41, 5.74) is 8.04. The van der Waals surface area contributed by atoms with Gasteiger partial charge in [0.2, 0.25) is 0 Å². The van der Waals surface area contributed by atoms with Crippen LogP contribution in [0.2, 0.25) is 0 Å². The van der Waals surface area contributed by atoms with E-state index in [0.717, 1.165) is 29.4 Å². The number of aromatic amines is 1. The van der Waals surface area contributed by atoms with Crippen LogP contribution in [0.3, 0.4) is 0 Å². The Balaban J connectivity index is 2.16. The van der Waals surface area contributed by atoms with Crippen LogP contribution in [0.4, 0.5) is 11.5 Å². The minimum Gasteiger partial charge on any atom is -0.422 e. The van der Waals surface area contributed by atoms with Gasteiger partial charge in [-0.3, -0.25) is 14.3 Å². The number of hydrogen-bond donors (Lipinski definition) is 2. The number of hydrogen-bond acceptors (Lipinski definition) is 7. The van der Waals surface area contributed by atoms with Gasteiger partial charge in [-0.05, 0) is 37.0 Å². The van der Waals surface area contributed by atoms with E-state index in [4.69, 9.17) is 14.9 Å². The third kappa shape index (κ3) is 4.62. The summed E-state index contributed by atoms with van der Waals surface area (Å²) in [5, 5.41) is 0.782. The lowest BCUT2D eigenvalue weighted by molar-refractivity contribution is 0.205. The molecule has 0 atom stereocenters. The first kappa shape index (κ1) is 23.3. The number of anilines is 2. The molecule has 2 aromatic heterocycles. The van der Waals surface area contributed by atoms with E-state index in [2.05, 4.69) is 4.98 Å². The first-order valence-corrected chi connectivity index (χ1v) is 10.7. The highest BCUT2D eigenvalue weighted by atomic mass is 16.5. The quantitative estimate of drug-likeness (QED) is 0.487. The molecule has 0 aliphatic rings. The average Bonchev–Trinajstić information content (AvgIpc) is 2.74. The number of methoxy groups -OCH3 is 1. The Morgan fingerprint density at radius 3 is 2.66 bits per heavy atom. The van der Waals surface area contributed by atoms with Crippen LogP contribution in [0.5, 0.6) is 0 Å². The van der Waals surface area contributed by atoms with Crippen molar-refractivity contribution in [2.45, 2.75) is 46.7 Å². The number of rotatable bonds is 9. The van der Waals surface area contributed by atoms with Gasteiger partial charge in [0.15, 0.2) is 0 Å². The Bertz CT molecular complexity index is 1290. The van der Waals surface area contributed by atoms with Crippen LogP contribution in [0.25, 0.3) is 11.0 Å². The molecular weight excluding hydrogens is 412 g/mol. The monoisotopic (exact) mass is 442 g/mol. The molecule has 0 saturated carbocycles. The Labute approximate surface area is 185 Å². The molecule has 32 heavy (non-hydrogen) atoms. The number of H-pyrrole nitrogens is 1. The van der Waals surface area contributed by atoms with Gasteiger partial charge in [-0.15, -0.1) is 0 Å². The molecule has 0 unspecified atom stereocenters. The molecule has 0 spiro atoms. The summed E-state index contributed by atoms with van der Waals surface area (Å²) in [6, 6.07) is 5.29. The van der Waals surface area contributed by atoms with Crippen molar-refractivity contribution >= 4 is 22.5 Å². The molecule has 9 nitrogen and oxygen atoms in total. The van der Waals surface area contributed by atoms with E-state index in [1.807, 2.05) is 32.9 Å². The Kier molecular flexibility index (Phi) is 7.19. The van der Waals surface area contributed by atoms with E-state index in [1.165, 1.54) is 10.6 Å². The van der Waals surface area contributed by atoms with Gasteiger partial charge in [0.25, 0.3) is 5.56 Å². The molecule has 172 valence electrons. The normalized spacial score (nSPS) is 11.2. The molecule has 9 heteroatoms. The molecule has 1 aromatic carbocycles. The number of benzene rings is 1. The van der Waals surface area contributed by atoms with Crippen molar-refractivity contribution in [3.05, 3.63) is 66.1 Å². The maximum absolute atomic E-state index is 12.8. The van der Waals surface area contributed by atoms with E-state index in [0.29, 0.717) is 30.8 Å². The maximum Gasteiger partial charge on any atom is 0.336 e. The molecular formula is C23H30N4O5. The van der Waals surface area contributed by atoms with Crippen molar-refractivity contribution in [2.75, 3.05) is 30.9 Å². The highest BCUT2D eigenvalue weighted by Gasteiger charge is 2.21. The number of aryl methyl sites for hydroxylation is 2. The van der Waals surface area contributed by atoms with Crippen LogP contribution in [0, 0.1) is 13.8 Å². The average molecular weight is 443 g/mol. The summed E-state index contributed by atoms with van der Waals surface area (Å²) in [5.74, 6) is 0.0996. The Morgan fingerprint density at radius 1 is 1.22 bits per heavy atom. The van der Waals surface area contributed by atoms with Crippen LogP contribution in [0.1, 0.15) is 36.5 Å². The number of nitrogen functional groups attached to an aromatic ring is 1. The van der Waals surface area contributed by atoms with Gasteiger partial charge in [-0.1, -0.05) is 25.5 Å². The van der Waals surface area contributed by atoms with Crippen molar-refractivity contribution in [3.8, 4) is 0 Å². The lowest BCUT2D eigenvalue weighted by atomic mass is 10.0. The van der Waals surface area contributed by atoms with Gasteiger partial charge in [0.05, 0.1) is 6.61 Å². The highest BCUT2D eigenvalue weighted by molar-refractivity contribution is 5.84. The van der Waals surface area contributed by atoms with Crippen LogP contribution in [-0.2, 0) is 17.8 Å². The van der Waals surface area contributed by atoms with Gasteiger partial charge >= 0.3 is 11.3 Å². The first-order chi connectivity index (χ1) is 15.3. The fourth-order valence-electron chi connectivity index (χ4n) is 3.75. The summed E-state index contributed by atoms with van der Waals surface area (Å²) < 4.78 is 12.1. The lowest BCUT2D eigenvalue weighted by Crippen LogP contribution is -2.39. The second kappa shape index (κ2) is 9.86. The Hall–Kier alpha value is -3.33. The lowest BCUT2D eigenvalue weighted by Gasteiger charge is -2.26. The predicted octanol–water partition coefficient (Wildman–Crippen LogP) is 2.30. The van der Waals surface area contributed by atoms with Gasteiger partial charge < -0.3 is 19.8 Å². The fraction of sp³-hybridized carbons (Fsp3) is 0.435. The van der Waals surface area contributed by atoms with Crippen molar-refractivity contribution in [2.24, 2.45) is 0 Å². The summed E-state index contributed by atoms with van der Waals surface area (Å²) in [6.07, 6.45) is 1.62. The second-order valence-electron chi connectivity index (χ2n) is 7.89. The number of ether oxygens (including phenoxy) is 1. The van der Waals surface area contributed by atoms with Crippen molar-refractivity contribution < 1.29 is 9.15 Å². The first-order valence-electron chi connectivity index (χ1n) is 10.7. The maximum atomic E-state index is 12.8. The van der Waals surface area contributed by atoms with Gasteiger partial charge in [-0.2, -0.15) is 0 Å². The van der Waals surface area contributed by atoms with Crippen LogP contribution in [-0.4, -0.2) is 29.8 Å². The molecule has 0 amide bonds.